The maximum atomic E-state index is 11.1. The Kier molecular flexibility index (Phi) is 3.60. The number of hydrogen-bond donors (Lipinski definition) is 1. The van der Waals surface area contributed by atoms with E-state index in [-0.39, 0.29) is 11.3 Å². The fraction of sp³-hybridized carbons (Fsp3) is 0.100. The molecule has 0 aliphatic carbocycles. The molecule has 0 heterocycles. The second kappa shape index (κ2) is 4.92. The van der Waals surface area contributed by atoms with E-state index >= 15 is 0 Å². The van der Waals surface area contributed by atoms with E-state index in [9.17, 15) is 24.6 Å². The minimum atomic E-state index is -1.54. The SMILES string of the molecule is O=C([O-])CC(=O)Nc1ccccc1C(=O)[O-]. The molecule has 1 aromatic carbocycles. The van der Waals surface area contributed by atoms with Gasteiger partial charge in [-0.3, -0.25) is 4.79 Å². The van der Waals surface area contributed by atoms with E-state index in [1.54, 1.807) is 0 Å². The van der Waals surface area contributed by atoms with Crippen LogP contribution in [0.4, 0.5) is 5.69 Å². The van der Waals surface area contributed by atoms with Crippen LogP contribution in [0.5, 0.6) is 0 Å². The third-order valence-corrected chi connectivity index (χ3v) is 1.73. The van der Waals surface area contributed by atoms with E-state index < -0.39 is 24.3 Å². The number of anilines is 1. The summed E-state index contributed by atoms with van der Waals surface area (Å²) in [5.41, 5.74) is -0.219. The second-order valence-corrected chi connectivity index (χ2v) is 2.93. The van der Waals surface area contributed by atoms with Gasteiger partial charge >= 0.3 is 0 Å². The molecule has 0 spiro atoms. The molecule has 84 valence electrons. The Morgan fingerprint density at radius 2 is 1.75 bits per heavy atom. The average molecular weight is 221 g/mol. The molecule has 1 rings (SSSR count). The van der Waals surface area contributed by atoms with E-state index in [4.69, 9.17) is 0 Å². The largest absolute Gasteiger partial charge is 0.550 e. The molecular weight excluding hydrogens is 214 g/mol. The van der Waals surface area contributed by atoms with Crippen molar-refractivity contribution in [3.05, 3.63) is 29.8 Å². The number of aliphatic carboxylic acids is 1. The highest BCUT2D eigenvalue weighted by Gasteiger charge is 2.06. The highest BCUT2D eigenvalue weighted by atomic mass is 16.4. The minimum absolute atomic E-state index is 0.00579. The zero-order valence-electron chi connectivity index (χ0n) is 8.06. The summed E-state index contributed by atoms with van der Waals surface area (Å²) in [5.74, 6) is -3.85. The second-order valence-electron chi connectivity index (χ2n) is 2.93. The van der Waals surface area contributed by atoms with Gasteiger partial charge in [0.15, 0.2) is 0 Å². The van der Waals surface area contributed by atoms with E-state index in [1.807, 2.05) is 0 Å². The zero-order valence-corrected chi connectivity index (χ0v) is 8.06. The van der Waals surface area contributed by atoms with Gasteiger partial charge in [-0.1, -0.05) is 18.2 Å². The van der Waals surface area contributed by atoms with Gasteiger partial charge in [-0.15, -0.1) is 0 Å². The molecule has 0 saturated carbocycles. The first-order chi connectivity index (χ1) is 7.50. The molecule has 0 aliphatic rings. The average Bonchev–Trinajstić information content (AvgIpc) is 2.16. The van der Waals surface area contributed by atoms with Crippen LogP contribution in [0, 0.1) is 0 Å². The number of carbonyl (C=O) groups excluding carboxylic acids is 3. The molecule has 0 bridgehead atoms. The Morgan fingerprint density at radius 1 is 1.12 bits per heavy atom. The Morgan fingerprint density at radius 3 is 2.31 bits per heavy atom. The third-order valence-electron chi connectivity index (χ3n) is 1.73. The van der Waals surface area contributed by atoms with Crippen LogP contribution in [0.1, 0.15) is 16.8 Å². The summed E-state index contributed by atoms with van der Waals surface area (Å²) in [7, 11) is 0. The number of carboxylic acid groups (broad SMARTS) is 2. The van der Waals surface area contributed by atoms with Gasteiger partial charge in [0.05, 0.1) is 18.4 Å². The van der Waals surface area contributed by atoms with Crippen molar-refractivity contribution in [2.75, 3.05) is 5.32 Å². The lowest BCUT2D eigenvalue weighted by atomic mass is 10.2. The molecule has 0 aromatic heterocycles. The lowest BCUT2D eigenvalue weighted by Gasteiger charge is -2.11. The monoisotopic (exact) mass is 221 g/mol. The third kappa shape index (κ3) is 3.09. The van der Waals surface area contributed by atoms with Gasteiger partial charge in [0.2, 0.25) is 5.91 Å². The number of carboxylic acids is 2. The molecule has 0 radical (unpaired) electrons. The van der Waals surface area contributed by atoms with E-state index in [0.717, 1.165) is 0 Å². The van der Waals surface area contributed by atoms with Crippen molar-refractivity contribution in [2.24, 2.45) is 0 Å². The molecule has 0 saturated heterocycles. The van der Waals surface area contributed by atoms with Crippen molar-refractivity contribution in [1.29, 1.82) is 0 Å². The molecule has 0 unspecified atom stereocenters. The molecule has 6 nitrogen and oxygen atoms in total. The van der Waals surface area contributed by atoms with Crippen molar-refractivity contribution in [3.63, 3.8) is 0 Å². The van der Waals surface area contributed by atoms with Crippen molar-refractivity contribution in [3.8, 4) is 0 Å². The summed E-state index contributed by atoms with van der Waals surface area (Å²) in [4.78, 5) is 31.8. The van der Waals surface area contributed by atoms with Crippen molar-refractivity contribution in [2.45, 2.75) is 6.42 Å². The zero-order chi connectivity index (χ0) is 12.1. The molecule has 16 heavy (non-hydrogen) atoms. The number of hydrogen-bond acceptors (Lipinski definition) is 5. The van der Waals surface area contributed by atoms with Gasteiger partial charge in [0.25, 0.3) is 0 Å². The number of amides is 1. The van der Waals surface area contributed by atoms with Crippen molar-refractivity contribution in [1.82, 2.24) is 0 Å². The summed E-state index contributed by atoms with van der Waals surface area (Å²) < 4.78 is 0. The van der Waals surface area contributed by atoms with Crippen LogP contribution in [-0.4, -0.2) is 17.8 Å². The van der Waals surface area contributed by atoms with Crippen LogP contribution >= 0.6 is 0 Å². The van der Waals surface area contributed by atoms with Gasteiger partial charge in [-0.25, -0.2) is 0 Å². The first-order valence-corrected chi connectivity index (χ1v) is 4.31. The summed E-state index contributed by atoms with van der Waals surface area (Å²) >= 11 is 0. The van der Waals surface area contributed by atoms with Crippen molar-refractivity contribution >= 4 is 23.5 Å². The van der Waals surface area contributed by atoms with E-state index in [1.165, 1.54) is 24.3 Å². The molecular formula is C10H7NO5-2. The molecule has 0 fully saturated rings. The van der Waals surface area contributed by atoms with Crippen LogP contribution in [-0.2, 0) is 9.59 Å². The smallest absolute Gasteiger partial charge is 0.230 e. The van der Waals surface area contributed by atoms with E-state index in [0.29, 0.717) is 0 Å². The van der Waals surface area contributed by atoms with Crippen LogP contribution < -0.4 is 15.5 Å². The summed E-state index contributed by atoms with van der Waals surface area (Å²) in [6.07, 6.45) is -0.832. The fourth-order valence-corrected chi connectivity index (χ4v) is 1.10. The predicted octanol–water partition coefficient (Wildman–Crippen LogP) is -1.87. The Labute approximate surface area is 90.5 Å². The maximum Gasteiger partial charge on any atom is 0.230 e. The Hall–Kier alpha value is -2.37. The number of nitrogens with one attached hydrogen (secondary N) is 1. The maximum absolute atomic E-state index is 11.1. The first-order valence-electron chi connectivity index (χ1n) is 4.31. The topological polar surface area (TPSA) is 109 Å². The fourth-order valence-electron chi connectivity index (χ4n) is 1.10. The lowest BCUT2D eigenvalue weighted by molar-refractivity contribution is -0.304. The van der Waals surface area contributed by atoms with Gasteiger partial charge in [-0.2, -0.15) is 0 Å². The van der Waals surface area contributed by atoms with Gasteiger partial charge in [0.1, 0.15) is 0 Å². The number of rotatable bonds is 4. The number of carbonyl (C=O) groups is 3. The molecule has 1 amide bonds. The summed E-state index contributed by atoms with van der Waals surface area (Å²) in [6, 6.07) is 5.53. The van der Waals surface area contributed by atoms with Gasteiger partial charge in [-0.05, 0) is 6.07 Å². The molecule has 1 N–H and O–H groups in total. The van der Waals surface area contributed by atoms with Gasteiger partial charge < -0.3 is 25.1 Å². The van der Waals surface area contributed by atoms with Crippen LogP contribution in [0.15, 0.2) is 24.3 Å². The summed E-state index contributed by atoms with van der Waals surface area (Å²) in [6.45, 7) is 0. The molecule has 6 heteroatoms. The van der Waals surface area contributed by atoms with E-state index in [2.05, 4.69) is 5.32 Å². The number of benzene rings is 1. The van der Waals surface area contributed by atoms with Crippen LogP contribution in [0.2, 0.25) is 0 Å². The lowest BCUT2D eigenvalue weighted by Crippen LogP contribution is -2.29. The number of aromatic carboxylic acids is 1. The molecule has 1 aromatic rings. The highest BCUT2D eigenvalue weighted by Crippen LogP contribution is 2.13. The normalized spacial score (nSPS) is 9.50. The number of para-hydroxylation sites is 1. The standard InChI is InChI=1S/C10H9NO5/c12-8(5-9(13)14)11-7-4-2-1-3-6(7)10(15)16/h1-4H,5H2,(H,11,12)(H,13,14)(H,15,16)/p-2. The Balaban J connectivity index is 2.84. The highest BCUT2D eigenvalue weighted by molar-refractivity contribution is 6.04. The van der Waals surface area contributed by atoms with Gasteiger partial charge in [0, 0.05) is 11.3 Å². The van der Waals surface area contributed by atoms with Crippen LogP contribution in [0.3, 0.4) is 0 Å². The molecule has 0 aliphatic heterocycles. The quantitative estimate of drug-likeness (QED) is 0.599. The van der Waals surface area contributed by atoms with Crippen molar-refractivity contribution < 1.29 is 24.6 Å². The predicted molar refractivity (Wildman–Crippen MR) is 49.0 cm³/mol. The first kappa shape index (κ1) is 11.7. The summed E-state index contributed by atoms with van der Waals surface area (Å²) in [5, 5.41) is 22.9. The Bertz CT molecular complexity index is 441. The van der Waals surface area contributed by atoms with Crippen LogP contribution in [0.25, 0.3) is 0 Å². The molecule has 0 atom stereocenters. The minimum Gasteiger partial charge on any atom is -0.550 e.